The standard InChI is InChI=1S/C13H15ClN2O3/c14-10-8(13(17)18)3-5-15-12(10)16-9-4-6-19-11(9)7-1-2-7/h3,5,7,9,11H,1-2,4,6H2,(H,15,16)(H,17,18). The molecule has 2 fully saturated rings. The lowest BCUT2D eigenvalue weighted by atomic mass is 10.1. The van der Waals surface area contributed by atoms with Crippen LogP contribution in [0.1, 0.15) is 29.6 Å². The Kier molecular flexibility index (Phi) is 3.33. The van der Waals surface area contributed by atoms with Crippen LogP contribution in [0.2, 0.25) is 5.02 Å². The summed E-state index contributed by atoms with van der Waals surface area (Å²) in [4.78, 5) is 15.2. The molecule has 1 saturated heterocycles. The molecule has 5 nitrogen and oxygen atoms in total. The van der Waals surface area contributed by atoms with Crippen LogP contribution in [-0.2, 0) is 4.74 Å². The van der Waals surface area contributed by atoms with Gasteiger partial charge in [-0.05, 0) is 31.2 Å². The Hall–Kier alpha value is -1.33. The lowest BCUT2D eigenvalue weighted by Gasteiger charge is -2.20. The van der Waals surface area contributed by atoms with Gasteiger partial charge in [0, 0.05) is 12.8 Å². The highest BCUT2D eigenvalue weighted by Gasteiger charge is 2.40. The fourth-order valence-electron chi connectivity index (χ4n) is 2.54. The summed E-state index contributed by atoms with van der Waals surface area (Å²) >= 11 is 6.08. The van der Waals surface area contributed by atoms with Crippen LogP contribution in [0.3, 0.4) is 0 Å². The molecule has 1 aliphatic carbocycles. The van der Waals surface area contributed by atoms with E-state index in [0.29, 0.717) is 11.7 Å². The minimum atomic E-state index is -1.04. The van der Waals surface area contributed by atoms with Gasteiger partial charge in [-0.1, -0.05) is 11.6 Å². The van der Waals surface area contributed by atoms with Gasteiger partial charge in [-0.15, -0.1) is 0 Å². The van der Waals surface area contributed by atoms with Crippen LogP contribution in [0, 0.1) is 5.92 Å². The number of hydrogen-bond donors (Lipinski definition) is 2. The Morgan fingerprint density at radius 2 is 2.26 bits per heavy atom. The molecule has 0 amide bonds. The molecule has 1 saturated carbocycles. The summed E-state index contributed by atoms with van der Waals surface area (Å²) < 4.78 is 5.73. The molecule has 2 heterocycles. The molecule has 2 atom stereocenters. The number of carboxylic acids is 1. The summed E-state index contributed by atoms with van der Waals surface area (Å²) in [6.07, 6.45) is 4.97. The van der Waals surface area contributed by atoms with E-state index in [1.165, 1.54) is 25.1 Å². The number of aromatic nitrogens is 1. The fraction of sp³-hybridized carbons (Fsp3) is 0.538. The number of nitrogens with one attached hydrogen (secondary N) is 1. The first-order valence-corrected chi connectivity index (χ1v) is 6.80. The van der Waals surface area contributed by atoms with Crippen molar-refractivity contribution < 1.29 is 14.6 Å². The molecular weight excluding hydrogens is 268 g/mol. The second-order valence-electron chi connectivity index (χ2n) is 5.04. The smallest absolute Gasteiger partial charge is 0.337 e. The lowest BCUT2D eigenvalue weighted by molar-refractivity contribution is 0.0697. The molecule has 0 spiro atoms. The third kappa shape index (κ3) is 2.53. The average Bonchev–Trinajstić information content (AvgIpc) is 3.12. The molecule has 3 rings (SSSR count). The number of nitrogens with zero attached hydrogens (tertiary/aromatic N) is 1. The first-order valence-electron chi connectivity index (χ1n) is 6.42. The lowest BCUT2D eigenvalue weighted by Crippen LogP contribution is -2.31. The number of hydrogen-bond acceptors (Lipinski definition) is 4. The largest absolute Gasteiger partial charge is 0.478 e. The van der Waals surface area contributed by atoms with E-state index < -0.39 is 5.97 Å². The third-order valence-corrected chi connectivity index (χ3v) is 4.05. The van der Waals surface area contributed by atoms with Gasteiger partial charge in [0.1, 0.15) is 5.82 Å². The molecule has 1 aromatic heterocycles. The molecule has 2 N–H and O–H groups in total. The van der Waals surface area contributed by atoms with E-state index in [2.05, 4.69) is 10.3 Å². The van der Waals surface area contributed by atoms with Crippen LogP contribution < -0.4 is 5.32 Å². The first-order chi connectivity index (χ1) is 9.16. The third-order valence-electron chi connectivity index (χ3n) is 3.66. The highest BCUT2D eigenvalue weighted by molar-refractivity contribution is 6.35. The summed E-state index contributed by atoms with van der Waals surface area (Å²) in [7, 11) is 0. The maximum absolute atomic E-state index is 11.0. The number of halogens is 1. The number of anilines is 1. The fourth-order valence-corrected chi connectivity index (χ4v) is 2.79. The first kappa shape index (κ1) is 12.7. The van der Waals surface area contributed by atoms with E-state index >= 15 is 0 Å². The van der Waals surface area contributed by atoms with Crippen molar-refractivity contribution in [2.45, 2.75) is 31.4 Å². The normalized spacial score (nSPS) is 26.4. The summed E-state index contributed by atoms with van der Waals surface area (Å²) in [5.41, 5.74) is 0.0704. The summed E-state index contributed by atoms with van der Waals surface area (Å²) in [6.45, 7) is 0.731. The predicted molar refractivity (Wildman–Crippen MR) is 70.7 cm³/mol. The maximum atomic E-state index is 11.0. The molecule has 19 heavy (non-hydrogen) atoms. The van der Waals surface area contributed by atoms with Crippen LogP contribution in [-0.4, -0.2) is 34.8 Å². The van der Waals surface area contributed by atoms with Crippen molar-refractivity contribution in [1.82, 2.24) is 4.98 Å². The van der Waals surface area contributed by atoms with Crippen molar-refractivity contribution in [2.75, 3.05) is 11.9 Å². The quantitative estimate of drug-likeness (QED) is 0.887. The molecule has 0 bridgehead atoms. The number of aromatic carboxylic acids is 1. The van der Waals surface area contributed by atoms with Gasteiger partial charge < -0.3 is 15.2 Å². The predicted octanol–water partition coefficient (Wildman–Crippen LogP) is 2.41. The topological polar surface area (TPSA) is 71.5 Å². The van der Waals surface area contributed by atoms with Crippen LogP contribution in [0.4, 0.5) is 5.82 Å². The van der Waals surface area contributed by atoms with Crippen LogP contribution in [0.15, 0.2) is 12.3 Å². The zero-order chi connectivity index (χ0) is 13.4. The Morgan fingerprint density at radius 1 is 1.47 bits per heavy atom. The van der Waals surface area contributed by atoms with Gasteiger partial charge in [0.05, 0.1) is 22.7 Å². The average molecular weight is 283 g/mol. The van der Waals surface area contributed by atoms with Crippen LogP contribution in [0.25, 0.3) is 0 Å². The van der Waals surface area contributed by atoms with Gasteiger partial charge in [0.2, 0.25) is 0 Å². The van der Waals surface area contributed by atoms with Crippen molar-refractivity contribution in [2.24, 2.45) is 5.92 Å². The number of ether oxygens (including phenoxy) is 1. The van der Waals surface area contributed by atoms with Crippen molar-refractivity contribution in [3.05, 3.63) is 22.8 Å². The van der Waals surface area contributed by atoms with Gasteiger partial charge in [-0.2, -0.15) is 0 Å². The van der Waals surface area contributed by atoms with Crippen molar-refractivity contribution in [3.8, 4) is 0 Å². The Bertz CT molecular complexity index is 505. The van der Waals surface area contributed by atoms with Crippen LogP contribution >= 0.6 is 11.6 Å². The number of carboxylic acid groups (broad SMARTS) is 1. The second-order valence-corrected chi connectivity index (χ2v) is 5.42. The van der Waals surface area contributed by atoms with Crippen molar-refractivity contribution in [1.29, 1.82) is 0 Å². The molecule has 0 aromatic carbocycles. The molecule has 102 valence electrons. The molecule has 2 aliphatic rings. The molecule has 0 radical (unpaired) electrons. The molecule has 6 heteroatoms. The zero-order valence-corrected chi connectivity index (χ0v) is 11.1. The number of carbonyl (C=O) groups is 1. The van der Waals surface area contributed by atoms with E-state index in [-0.39, 0.29) is 22.7 Å². The molecule has 1 aliphatic heterocycles. The van der Waals surface area contributed by atoms with E-state index in [4.69, 9.17) is 21.4 Å². The van der Waals surface area contributed by atoms with Gasteiger partial charge in [0.15, 0.2) is 0 Å². The van der Waals surface area contributed by atoms with Crippen LogP contribution in [0.5, 0.6) is 0 Å². The van der Waals surface area contributed by atoms with Gasteiger partial charge in [-0.3, -0.25) is 0 Å². The summed E-state index contributed by atoms with van der Waals surface area (Å²) in [5.74, 6) is 0.0148. The van der Waals surface area contributed by atoms with Gasteiger partial charge in [0.25, 0.3) is 0 Å². The zero-order valence-electron chi connectivity index (χ0n) is 10.3. The van der Waals surface area contributed by atoms with Crippen molar-refractivity contribution >= 4 is 23.4 Å². The highest BCUT2D eigenvalue weighted by Crippen LogP contribution is 2.40. The van der Waals surface area contributed by atoms with E-state index in [1.807, 2.05) is 0 Å². The van der Waals surface area contributed by atoms with Crippen molar-refractivity contribution in [3.63, 3.8) is 0 Å². The second kappa shape index (κ2) is 4.98. The Labute approximate surface area is 115 Å². The van der Waals surface area contributed by atoms with E-state index in [1.54, 1.807) is 0 Å². The summed E-state index contributed by atoms with van der Waals surface area (Å²) in [6, 6.07) is 1.57. The molecule has 1 aromatic rings. The van der Waals surface area contributed by atoms with E-state index in [0.717, 1.165) is 13.0 Å². The molecule has 2 unspecified atom stereocenters. The van der Waals surface area contributed by atoms with E-state index in [9.17, 15) is 4.79 Å². The Balaban J connectivity index is 1.79. The number of rotatable bonds is 4. The van der Waals surface area contributed by atoms with Gasteiger partial charge >= 0.3 is 5.97 Å². The molecular formula is C13H15ClN2O3. The minimum Gasteiger partial charge on any atom is -0.478 e. The Morgan fingerprint density at radius 3 is 2.95 bits per heavy atom. The summed E-state index contributed by atoms with van der Waals surface area (Å²) in [5, 5.41) is 12.4. The monoisotopic (exact) mass is 282 g/mol. The highest BCUT2D eigenvalue weighted by atomic mass is 35.5. The van der Waals surface area contributed by atoms with Gasteiger partial charge in [-0.25, -0.2) is 9.78 Å². The number of pyridine rings is 1. The SMILES string of the molecule is O=C(O)c1ccnc(NC2CCOC2C2CC2)c1Cl. The maximum Gasteiger partial charge on any atom is 0.337 e. The minimum absolute atomic E-state index is 0.0704.